The standard InChI is InChI=1S/C14H24N4O2/c1-3-11(2)12-15-16-17-18(12)10-14(13(19)20)8-6-4-5-7-9-14/h11H,3-10H2,1-2H3,(H,19,20). The largest absolute Gasteiger partial charge is 0.481 e. The van der Waals surface area contributed by atoms with E-state index in [-0.39, 0.29) is 5.92 Å². The molecule has 112 valence electrons. The molecule has 1 atom stereocenters. The molecule has 1 aromatic rings. The normalized spacial score (nSPS) is 20.3. The number of carboxylic acid groups (broad SMARTS) is 1. The van der Waals surface area contributed by atoms with Gasteiger partial charge in [-0.05, 0) is 29.7 Å². The SMILES string of the molecule is CCC(C)c1nnnn1CC1(C(=O)O)CCCCCC1. The Hall–Kier alpha value is -1.46. The highest BCUT2D eigenvalue weighted by Gasteiger charge is 2.40. The van der Waals surface area contributed by atoms with Gasteiger partial charge in [-0.3, -0.25) is 4.79 Å². The molecular formula is C14H24N4O2. The molecule has 1 N–H and O–H groups in total. The molecule has 1 aromatic heterocycles. The van der Waals surface area contributed by atoms with E-state index in [2.05, 4.69) is 29.4 Å². The van der Waals surface area contributed by atoms with Crippen LogP contribution in [0.5, 0.6) is 0 Å². The molecule has 0 radical (unpaired) electrons. The zero-order valence-electron chi connectivity index (χ0n) is 12.4. The van der Waals surface area contributed by atoms with Crippen molar-refractivity contribution >= 4 is 5.97 Å². The fourth-order valence-electron chi connectivity index (χ4n) is 2.99. The summed E-state index contributed by atoms with van der Waals surface area (Å²) < 4.78 is 1.72. The first kappa shape index (κ1) is 14.9. The third-order valence-electron chi connectivity index (χ3n) is 4.58. The van der Waals surface area contributed by atoms with Crippen molar-refractivity contribution in [3.05, 3.63) is 5.82 Å². The van der Waals surface area contributed by atoms with Crippen LogP contribution in [-0.4, -0.2) is 31.3 Å². The first-order valence-electron chi connectivity index (χ1n) is 7.58. The van der Waals surface area contributed by atoms with Crippen molar-refractivity contribution in [1.29, 1.82) is 0 Å². The Morgan fingerprint density at radius 2 is 2.00 bits per heavy atom. The molecule has 6 nitrogen and oxygen atoms in total. The van der Waals surface area contributed by atoms with Crippen molar-refractivity contribution in [2.45, 2.75) is 71.3 Å². The Bertz CT molecular complexity index is 450. The third kappa shape index (κ3) is 2.99. The minimum atomic E-state index is -0.704. The van der Waals surface area contributed by atoms with Crippen LogP contribution in [0, 0.1) is 5.41 Å². The maximum atomic E-state index is 11.8. The van der Waals surface area contributed by atoms with Crippen molar-refractivity contribution in [3.63, 3.8) is 0 Å². The molecule has 2 rings (SSSR count). The minimum Gasteiger partial charge on any atom is -0.481 e. The minimum absolute atomic E-state index is 0.252. The van der Waals surface area contributed by atoms with Crippen LogP contribution in [0.2, 0.25) is 0 Å². The van der Waals surface area contributed by atoms with Crippen molar-refractivity contribution in [3.8, 4) is 0 Å². The van der Waals surface area contributed by atoms with Crippen molar-refractivity contribution < 1.29 is 9.90 Å². The van der Waals surface area contributed by atoms with Crippen LogP contribution >= 0.6 is 0 Å². The van der Waals surface area contributed by atoms with E-state index in [4.69, 9.17) is 0 Å². The van der Waals surface area contributed by atoms with E-state index in [1.165, 1.54) is 0 Å². The van der Waals surface area contributed by atoms with E-state index >= 15 is 0 Å². The molecule has 1 fully saturated rings. The third-order valence-corrected chi connectivity index (χ3v) is 4.58. The van der Waals surface area contributed by atoms with E-state index in [1.54, 1.807) is 4.68 Å². The summed E-state index contributed by atoms with van der Waals surface area (Å²) in [6, 6.07) is 0. The maximum absolute atomic E-state index is 11.8. The predicted molar refractivity (Wildman–Crippen MR) is 74.3 cm³/mol. The molecule has 6 heteroatoms. The van der Waals surface area contributed by atoms with Crippen molar-refractivity contribution in [2.75, 3.05) is 0 Å². The summed E-state index contributed by atoms with van der Waals surface area (Å²) >= 11 is 0. The highest BCUT2D eigenvalue weighted by atomic mass is 16.4. The summed E-state index contributed by atoms with van der Waals surface area (Å²) in [5.41, 5.74) is -0.700. The van der Waals surface area contributed by atoms with Gasteiger partial charge in [0.2, 0.25) is 0 Å². The number of carbonyl (C=O) groups is 1. The molecule has 0 bridgehead atoms. The van der Waals surface area contributed by atoms with Gasteiger partial charge in [-0.15, -0.1) is 5.10 Å². The van der Waals surface area contributed by atoms with Gasteiger partial charge >= 0.3 is 5.97 Å². The summed E-state index contributed by atoms with van der Waals surface area (Å²) in [6.45, 7) is 4.56. The van der Waals surface area contributed by atoms with Crippen molar-refractivity contribution in [2.24, 2.45) is 5.41 Å². The number of carboxylic acids is 1. The highest BCUT2D eigenvalue weighted by Crippen LogP contribution is 2.37. The summed E-state index contributed by atoms with van der Waals surface area (Å²) in [4.78, 5) is 11.8. The Labute approximate surface area is 119 Å². The van der Waals surface area contributed by atoms with E-state index < -0.39 is 11.4 Å². The van der Waals surface area contributed by atoms with Crippen LogP contribution in [-0.2, 0) is 11.3 Å². The van der Waals surface area contributed by atoms with Gasteiger partial charge in [0.1, 0.15) is 0 Å². The lowest BCUT2D eigenvalue weighted by Crippen LogP contribution is -2.36. The van der Waals surface area contributed by atoms with E-state index in [0.717, 1.165) is 50.8 Å². The van der Waals surface area contributed by atoms with Crippen LogP contribution in [0.25, 0.3) is 0 Å². The first-order chi connectivity index (χ1) is 9.59. The predicted octanol–water partition coefficient (Wildman–Crippen LogP) is 2.61. The van der Waals surface area contributed by atoms with Gasteiger partial charge in [0, 0.05) is 5.92 Å². The summed E-state index contributed by atoms with van der Waals surface area (Å²) in [5.74, 6) is 0.351. The second kappa shape index (κ2) is 6.33. The monoisotopic (exact) mass is 280 g/mol. The van der Waals surface area contributed by atoms with Crippen LogP contribution in [0.15, 0.2) is 0 Å². The van der Waals surface area contributed by atoms with Gasteiger partial charge in [-0.25, -0.2) is 4.68 Å². The fourth-order valence-corrected chi connectivity index (χ4v) is 2.99. The van der Waals surface area contributed by atoms with Crippen LogP contribution in [0.3, 0.4) is 0 Å². The molecule has 1 saturated carbocycles. The van der Waals surface area contributed by atoms with Gasteiger partial charge in [0.15, 0.2) is 5.82 Å². The number of aliphatic carboxylic acids is 1. The Kier molecular flexibility index (Phi) is 4.73. The fraction of sp³-hybridized carbons (Fsp3) is 0.857. The number of nitrogens with zero attached hydrogens (tertiary/aromatic N) is 4. The van der Waals surface area contributed by atoms with E-state index in [1.807, 2.05) is 0 Å². The van der Waals surface area contributed by atoms with E-state index in [0.29, 0.717) is 6.54 Å². The topological polar surface area (TPSA) is 80.9 Å². The van der Waals surface area contributed by atoms with Gasteiger partial charge in [0.05, 0.1) is 12.0 Å². The highest BCUT2D eigenvalue weighted by molar-refractivity contribution is 5.74. The summed E-state index contributed by atoms with van der Waals surface area (Å²) in [7, 11) is 0. The number of tetrazole rings is 1. The molecule has 1 unspecified atom stereocenters. The Morgan fingerprint density at radius 3 is 2.55 bits per heavy atom. The number of hydrogen-bond donors (Lipinski definition) is 1. The molecular weight excluding hydrogens is 256 g/mol. The molecule has 1 aliphatic rings. The Balaban J connectivity index is 2.24. The quantitative estimate of drug-likeness (QED) is 0.838. The smallest absolute Gasteiger partial charge is 0.311 e. The lowest BCUT2D eigenvalue weighted by molar-refractivity contribution is -0.151. The Morgan fingerprint density at radius 1 is 1.35 bits per heavy atom. The average Bonchev–Trinajstić information content (AvgIpc) is 2.74. The van der Waals surface area contributed by atoms with Gasteiger partial charge in [-0.2, -0.15) is 0 Å². The molecule has 0 aromatic carbocycles. The van der Waals surface area contributed by atoms with Crippen LogP contribution in [0.1, 0.15) is 70.5 Å². The lowest BCUT2D eigenvalue weighted by Gasteiger charge is -2.28. The van der Waals surface area contributed by atoms with Crippen LogP contribution < -0.4 is 0 Å². The molecule has 1 aliphatic carbocycles. The number of hydrogen-bond acceptors (Lipinski definition) is 4. The number of rotatable bonds is 5. The summed E-state index contributed by atoms with van der Waals surface area (Å²) in [5, 5.41) is 21.6. The van der Waals surface area contributed by atoms with Gasteiger partial charge < -0.3 is 5.11 Å². The molecule has 20 heavy (non-hydrogen) atoms. The second-order valence-electron chi connectivity index (χ2n) is 6.00. The average molecular weight is 280 g/mol. The molecule has 0 spiro atoms. The second-order valence-corrected chi connectivity index (χ2v) is 6.00. The van der Waals surface area contributed by atoms with Gasteiger partial charge in [-0.1, -0.05) is 39.5 Å². The van der Waals surface area contributed by atoms with E-state index in [9.17, 15) is 9.90 Å². The summed E-state index contributed by atoms with van der Waals surface area (Å²) in [6.07, 6.45) is 6.61. The zero-order valence-corrected chi connectivity index (χ0v) is 12.4. The van der Waals surface area contributed by atoms with Crippen LogP contribution in [0.4, 0.5) is 0 Å². The number of aromatic nitrogens is 4. The maximum Gasteiger partial charge on any atom is 0.311 e. The van der Waals surface area contributed by atoms with Gasteiger partial charge in [0.25, 0.3) is 0 Å². The molecule has 1 heterocycles. The molecule has 0 amide bonds. The lowest BCUT2D eigenvalue weighted by atomic mass is 9.80. The van der Waals surface area contributed by atoms with Crippen molar-refractivity contribution in [1.82, 2.24) is 20.2 Å². The first-order valence-corrected chi connectivity index (χ1v) is 7.58. The molecule has 0 saturated heterocycles. The zero-order chi connectivity index (χ0) is 14.6. The molecule has 0 aliphatic heterocycles.